The Morgan fingerprint density at radius 3 is 2.53 bits per heavy atom. The molecule has 4 rings (SSSR count). The first-order chi connectivity index (χ1) is 15.4. The van der Waals surface area contributed by atoms with E-state index in [9.17, 15) is 14.3 Å². The van der Waals surface area contributed by atoms with Crippen LogP contribution in [-0.4, -0.2) is 47.2 Å². The molecule has 0 aliphatic heterocycles. The number of para-hydroxylation sites is 1. The van der Waals surface area contributed by atoms with Gasteiger partial charge in [0.1, 0.15) is 5.82 Å². The highest BCUT2D eigenvalue weighted by Crippen LogP contribution is 2.26. The molecule has 1 saturated carbocycles. The van der Waals surface area contributed by atoms with Crippen LogP contribution in [-0.2, 0) is 11.2 Å². The average molecular weight is 438 g/mol. The maximum Gasteiger partial charge on any atom is 0.225 e. The van der Waals surface area contributed by atoms with Crippen LogP contribution in [0.15, 0.2) is 42.5 Å². The fourth-order valence-corrected chi connectivity index (χ4v) is 4.15. The zero-order valence-electron chi connectivity index (χ0n) is 18.3. The first-order valence-electron chi connectivity index (χ1n) is 10.9. The Bertz CT molecular complexity index is 1110. The number of carbonyl (C=O) groups is 1. The molecule has 0 unspecified atom stereocenters. The van der Waals surface area contributed by atoms with Crippen LogP contribution in [0.5, 0.6) is 5.75 Å². The van der Waals surface area contributed by atoms with Crippen molar-refractivity contribution in [2.24, 2.45) is 0 Å². The molecule has 1 fully saturated rings. The van der Waals surface area contributed by atoms with Gasteiger partial charge in [0.25, 0.3) is 0 Å². The van der Waals surface area contributed by atoms with E-state index < -0.39 is 11.6 Å². The average Bonchev–Trinajstić information content (AvgIpc) is 2.77. The Morgan fingerprint density at radius 1 is 1.09 bits per heavy atom. The van der Waals surface area contributed by atoms with E-state index >= 15 is 0 Å². The summed E-state index contributed by atoms with van der Waals surface area (Å²) in [5.41, 5.74) is 1.44. The number of fused-ring (bicyclic) bond motifs is 1. The van der Waals surface area contributed by atoms with Gasteiger partial charge in [-0.15, -0.1) is 0 Å². The largest absolute Gasteiger partial charge is 0.505 e. The fraction of sp³-hybridized carbons (Fsp3) is 0.375. The van der Waals surface area contributed by atoms with Crippen LogP contribution in [0.2, 0.25) is 0 Å². The lowest BCUT2D eigenvalue weighted by molar-refractivity contribution is -0.121. The number of aromatic nitrogens is 2. The standard InChI is InChI=1S/C24H28FN5O2/c1-30(2)23-18-5-3-4-6-20(18)28-24(29-23)27-17-10-8-16(9-11-17)26-22(32)14-15-7-12-21(31)19(25)13-15/h3-7,12-13,16-17,31H,8-11,14H2,1-2H3,(H,26,32)(H,27,28,29). The minimum Gasteiger partial charge on any atom is -0.505 e. The molecule has 1 heterocycles. The maximum atomic E-state index is 13.5. The third-order valence-electron chi connectivity index (χ3n) is 5.81. The number of amides is 1. The summed E-state index contributed by atoms with van der Waals surface area (Å²) in [6.45, 7) is 0. The number of phenols is 1. The van der Waals surface area contributed by atoms with Crippen molar-refractivity contribution in [3.63, 3.8) is 0 Å². The van der Waals surface area contributed by atoms with E-state index in [-0.39, 0.29) is 24.4 Å². The zero-order chi connectivity index (χ0) is 22.7. The van der Waals surface area contributed by atoms with Crippen molar-refractivity contribution in [3.05, 3.63) is 53.8 Å². The molecule has 0 bridgehead atoms. The summed E-state index contributed by atoms with van der Waals surface area (Å²) in [6, 6.07) is 12.3. The molecule has 7 nitrogen and oxygen atoms in total. The van der Waals surface area contributed by atoms with Gasteiger partial charge in [-0.1, -0.05) is 18.2 Å². The second kappa shape index (κ2) is 9.38. The Balaban J connectivity index is 1.32. The summed E-state index contributed by atoms with van der Waals surface area (Å²) in [6.07, 6.45) is 3.58. The first-order valence-corrected chi connectivity index (χ1v) is 10.9. The number of phenolic OH excluding ortho intramolecular Hbond substituents is 1. The van der Waals surface area contributed by atoms with Crippen LogP contribution >= 0.6 is 0 Å². The Morgan fingerprint density at radius 2 is 1.81 bits per heavy atom. The number of nitrogens with zero attached hydrogens (tertiary/aromatic N) is 3. The molecule has 1 aliphatic rings. The summed E-state index contributed by atoms with van der Waals surface area (Å²) in [4.78, 5) is 23.7. The van der Waals surface area contributed by atoms with E-state index in [0.29, 0.717) is 11.5 Å². The Labute approximate surface area is 186 Å². The number of carbonyl (C=O) groups excluding carboxylic acids is 1. The van der Waals surface area contributed by atoms with Crippen molar-refractivity contribution in [2.45, 2.75) is 44.2 Å². The number of hydrogen-bond acceptors (Lipinski definition) is 6. The van der Waals surface area contributed by atoms with E-state index in [2.05, 4.69) is 15.6 Å². The van der Waals surface area contributed by atoms with Gasteiger partial charge < -0.3 is 20.6 Å². The summed E-state index contributed by atoms with van der Waals surface area (Å²) >= 11 is 0. The fourth-order valence-electron chi connectivity index (χ4n) is 4.15. The third kappa shape index (κ3) is 5.07. The minimum absolute atomic E-state index is 0.0909. The van der Waals surface area contributed by atoms with Gasteiger partial charge in [0, 0.05) is 31.6 Å². The van der Waals surface area contributed by atoms with Crippen LogP contribution in [0.1, 0.15) is 31.2 Å². The molecule has 168 valence electrons. The van der Waals surface area contributed by atoms with Gasteiger partial charge in [0.15, 0.2) is 11.6 Å². The molecular weight excluding hydrogens is 409 g/mol. The smallest absolute Gasteiger partial charge is 0.225 e. The van der Waals surface area contributed by atoms with Crippen molar-refractivity contribution in [1.82, 2.24) is 15.3 Å². The minimum atomic E-state index is -0.713. The molecule has 0 radical (unpaired) electrons. The molecule has 3 aromatic rings. The van der Waals surface area contributed by atoms with Crippen molar-refractivity contribution in [1.29, 1.82) is 0 Å². The third-order valence-corrected chi connectivity index (χ3v) is 5.81. The number of benzene rings is 2. The quantitative estimate of drug-likeness (QED) is 0.546. The summed E-state index contributed by atoms with van der Waals surface area (Å²) < 4.78 is 13.5. The zero-order valence-corrected chi connectivity index (χ0v) is 18.3. The number of rotatable bonds is 6. The normalized spacial score (nSPS) is 18.3. The molecule has 1 aliphatic carbocycles. The lowest BCUT2D eigenvalue weighted by atomic mass is 9.91. The first kappa shape index (κ1) is 21.8. The number of hydrogen-bond donors (Lipinski definition) is 3. The molecule has 0 atom stereocenters. The van der Waals surface area contributed by atoms with Gasteiger partial charge in [-0.05, 0) is 55.5 Å². The van der Waals surface area contributed by atoms with Crippen LogP contribution < -0.4 is 15.5 Å². The van der Waals surface area contributed by atoms with E-state index in [4.69, 9.17) is 4.98 Å². The number of halogens is 1. The molecule has 1 amide bonds. The lowest BCUT2D eigenvalue weighted by Crippen LogP contribution is -2.41. The lowest BCUT2D eigenvalue weighted by Gasteiger charge is -2.30. The number of aromatic hydroxyl groups is 1. The van der Waals surface area contributed by atoms with Crippen molar-refractivity contribution in [2.75, 3.05) is 24.3 Å². The van der Waals surface area contributed by atoms with Crippen molar-refractivity contribution >= 4 is 28.6 Å². The van der Waals surface area contributed by atoms with Gasteiger partial charge >= 0.3 is 0 Å². The molecule has 1 aromatic heterocycles. The molecule has 0 saturated heterocycles. The number of nitrogens with one attached hydrogen (secondary N) is 2. The summed E-state index contributed by atoms with van der Waals surface area (Å²) in [7, 11) is 3.94. The highest BCUT2D eigenvalue weighted by Gasteiger charge is 2.23. The predicted octanol–water partition coefficient (Wildman–Crippen LogP) is 3.62. The molecular formula is C24H28FN5O2. The number of anilines is 2. The Kier molecular flexibility index (Phi) is 6.39. The summed E-state index contributed by atoms with van der Waals surface area (Å²) in [5, 5.41) is 16.8. The van der Waals surface area contributed by atoms with Crippen LogP contribution in [0, 0.1) is 5.82 Å². The van der Waals surface area contributed by atoms with E-state index in [1.54, 1.807) is 6.07 Å². The topological polar surface area (TPSA) is 90.4 Å². The molecule has 8 heteroatoms. The van der Waals surface area contributed by atoms with Crippen LogP contribution in [0.3, 0.4) is 0 Å². The van der Waals surface area contributed by atoms with E-state index in [1.165, 1.54) is 12.1 Å². The monoisotopic (exact) mass is 437 g/mol. The second-order valence-electron chi connectivity index (χ2n) is 8.51. The van der Waals surface area contributed by atoms with E-state index in [1.807, 2.05) is 43.3 Å². The molecule has 32 heavy (non-hydrogen) atoms. The van der Waals surface area contributed by atoms with Crippen LogP contribution in [0.25, 0.3) is 10.9 Å². The molecule has 3 N–H and O–H groups in total. The van der Waals surface area contributed by atoms with Gasteiger partial charge in [-0.2, -0.15) is 4.98 Å². The van der Waals surface area contributed by atoms with E-state index in [0.717, 1.165) is 42.4 Å². The maximum absolute atomic E-state index is 13.5. The second-order valence-corrected chi connectivity index (χ2v) is 8.51. The van der Waals surface area contributed by atoms with Gasteiger partial charge in [-0.25, -0.2) is 9.37 Å². The Hall–Kier alpha value is -3.42. The predicted molar refractivity (Wildman–Crippen MR) is 123 cm³/mol. The highest BCUT2D eigenvalue weighted by molar-refractivity contribution is 5.90. The van der Waals surface area contributed by atoms with Gasteiger partial charge in [-0.3, -0.25) is 4.79 Å². The molecule has 2 aromatic carbocycles. The van der Waals surface area contributed by atoms with Crippen LogP contribution in [0.4, 0.5) is 16.2 Å². The van der Waals surface area contributed by atoms with Gasteiger partial charge in [0.05, 0.1) is 11.9 Å². The highest BCUT2D eigenvalue weighted by atomic mass is 19.1. The summed E-state index contributed by atoms with van der Waals surface area (Å²) in [5.74, 6) is 0.238. The SMILES string of the molecule is CN(C)c1nc(NC2CCC(NC(=O)Cc3ccc(O)c(F)c3)CC2)nc2ccccc12. The molecule has 0 spiro atoms. The van der Waals surface area contributed by atoms with Gasteiger partial charge in [0.2, 0.25) is 11.9 Å². The van der Waals surface area contributed by atoms with Crippen molar-refractivity contribution in [3.8, 4) is 5.75 Å². The van der Waals surface area contributed by atoms with Crippen molar-refractivity contribution < 1.29 is 14.3 Å².